The van der Waals surface area contributed by atoms with Crippen molar-refractivity contribution in [1.29, 1.82) is 0 Å². The molecular weight excluding hydrogens is 214 g/mol. The molecule has 2 atom stereocenters. The molecule has 0 aromatic heterocycles. The minimum atomic E-state index is 0.199. The van der Waals surface area contributed by atoms with Gasteiger partial charge >= 0.3 is 0 Å². The Kier molecular flexibility index (Phi) is 4.05. The van der Waals surface area contributed by atoms with Crippen LogP contribution in [0.2, 0.25) is 0 Å². The van der Waals surface area contributed by atoms with Gasteiger partial charge in [0, 0.05) is 38.3 Å². The molecule has 2 rings (SSSR count). The molecule has 4 heteroatoms. The van der Waals surface area contributed by atoms with Gasteiger partial charge in [0.15, 0.2) is 0 Å². The summed E-state index contributed by atoms with van der Waals surface area (Å²) in [7, 11) is 1.86. The van der Waals surface area contributed by atoms with Crippen LogP contribution in [0.5, 0.6) is 0 Å². The van der Waals surface area contributed by atoms with E-state index in [0.717, 1.165) is 19.1 Å². The molecule has 0 spiro atoms. The molecule has 1 aliphatic heterocycles. The summed E-state index contributed by atoms with van der Waals surface area (Å²) in [4.78, 5) is 16.1. The molecule has 98 valence electrons. The van der Waals surface area contributed by atoms with Gasteiger partial charge in [-0.25, -0.2) is 0 Å². The fourth-order valence-corrected chi connectivity index (χ4v) is 2.66. The highest BCUT2D eigenvalue weighted by molar-refractivity contribution is 5.77. The van der Waals surface area contributed by atoms with Crippen LogP contribution in [-0.2, 0) is 4.79 Å². The third-order valence-corrected chi connectivity index (χ3v) is 4.08. The van der Waals surface area contributed by atoms with E-state index in [-0.39, 0.29) is 5.91 Å². The largest absolute Gasteiger partial charge is 0.345 e. The second kappa shape index (κ2) is 5.36. The molecular formula is C13H25N3O. The first-order valence-corrected chi connectivity index (χ1v) is 6.85. The van der Waals surface area contributed by atoms with Gasteiger partial charge < -0.3 is 10.2 Å². The minimum absolute atomic E-state index is 0.199. The highest BCUT2D eigenvalue weighted by atomic mass is 16.2. The Morgan fingerprint density at radius 1 is 1.47 bits per heavy atom. The standard InChI is InChI=1S/C13H25N3O/c1-4-15(3)13(17)8-14-11-7-10(2)16(9-11)12-5-6-12/h10-12,14H,4-9H2,1-3H3. The van der Waals surface area contributed by atoms with Crippen molar-refractivity contribution < 1.29 is 4.79 Å². The van der Waals surface area contributed by atoms with Crippen molar-refractivity contribution in [2.24, 2.45) is 0 Å². The molecule has 0 bridgehead atoms. The quantitative estimate of drug-likeness (QED) is 0.766. The summed E-state index contributed by atoms with van der Waals surface area (Å²) in [6.45, 7) is 6.70. The molecule has 2 unspecified atom stereocenters. The van der Waals surface area contributed by atoms with E-state index in [4.69, 9.17) is 0 Å². The van der Waals surface area contributed by atoms with Crippen molar-refractivity contribution in [3.05, 3.63) is 0 Å². The molecule has 0 aromatic carbocycles. The van der Waals surface area contributed by atoms with E-state index in [1.807, 2.05) is 14.0 Å². The average molecular weight is 239 g/mol. The number of carbonyl (C=O) groups excluding carboxylic acids is 1. The van der Waals surface area contributed by atoms with E-state index in [9.17, 15) is 4.79 Å². The van der Waals surface area contributed by atoms with Gasteiger partial charge in [-0.15, -0.1) is 0 Å². The zero-order chi connectivity index (χ0) is 12.4. The molecule has 1 amide bonds. The predicted octanol–water partition coefficient (Wildman–Crippen LogP) is 0.680. The average Bonchev–Trinajstić information content (AvgIpc) is 3.09. The number of nitrogens with zero attached hydrogens (tertiary/aromatic N) is 2. The number of carbonyl (C=O) groups is 1. The van der Waals surface area contributed by atoms with Gasteiger partial charge in [0.05, 0.1) is 6.54 Å². The zero-order valence-corrected chi connectivity index (χ0v) is 11.3. The number of likely N-dealkylation sites (N-methyl/N-ethyl adjacent to an activating group) is 1. The number of likely N-dealkylation sites (tertiary alicyclic amines) is 1. The number of hydrogen-bond acceptors (Lipinski definition) is 3. The Labute approximate surface area is 104 Å². The van der Waals surface area contributed by atoms with Gasteiger partial charge in [-0.3, -0.25) is 9.69 Å². The SMILES string of the molecule is CCN(C)C(=O)CNC1CC(C)N(C2CC2)C1. The minimum Gasteiger partial charge on any atom is -0.345 e. The van der Waals surface area contributed by atoms with Crippen LogP contribution >= 0.6 is 0 Å². The number of amides is 1. The van der Waals surface area contributed by atoms with Crippen LogP contribution in [0.1, 0.15) is 33.1 Å². The Morgan fingerprint density at radius 2 is 2.18 bits per heavy atom. The first-order chi connectivity index (χ1) is 8.11. The molecule has 2 fully saturated rings. The molecule has 2 aliphatic rings. The van der Waals surface area contributed by atoms with Crippen LogP contribution in [0.15, 0.2) is 0 Å². The van der Waals surface area contributed by atoms with Crippen molar-refractivity contribution in [2.45, 2.75) is 51.2 Å². The van der Waals surface area contributed by atoms with Crippen molar-refractivity contribution in [2.75, 3.05) is 26.7 Å². The number of nitrogens with one attached hydrogen (secondary N) is 1. The lowest BCUT2D eigenvalue weighted by Gasteiger charge is -2.20. The van der Waals surface area contributed by atoms with Crippen LogP contribution < -0.4 is 5.32 Å². The summed E-state index contributed by atoms with van der Waals surface area (Å²) < 4.78 is 0. The summed E-state index contributed by atoms with van der Waals surface area (Å²) >= 11 is 0. The van der Waals surface area contributed by atoms with E-state index in [1.165, 1.54) is 19.3 Å². The third kappa shape index (κ3) is 3.19. The van der Waals surface area contributed by atoms with E-state index < -0.39 is 0 Å². The van der Waals surface area contributed by atoms with Crippen LogP contribution in [0, 0.1) is 0 Å². The Bertz CT molecular complexity index is 278. The molecule has 17 heavy (non-hydrogen) atoms. The fourth-order valence-electron chi connectivity index (χ4n) is 2.66. The molecule has 1 saturated carbocycles. The van der Waals surface area contributed by atoms with Crippen molar-refractivity contribution in [1.82, 2.24) is 15.1 Å². The van der Waals surface area contributed by atoms with Crippen LogP contribution in [-0.4, -0.2) is 60.5 Å². The number of hydrogen-bond donors (Lipinski definition) is 1. The predicted molar refractivity (Wildman–Crippen MR) is 68.9 cm³/mol. The molecule has 1 heterocycles. The molecule has 1 aliphatic carbocycles. The summed E-state index contributed by atoms with van der Waals surface area (Å²) in [6.07, 6.45) is 3.92. The summed E-state index contributed by atoms with van der Waals surface area (Å²) in [5.74, 6) is 0.199. The molecule has 0 radical (unpaired) electrons. The van der Waals surface area contributed by atoms with Crippen molar-refractivity contribution >= 4 is 5.91 Å². The van der Waals surface area contributed by atoms with E-state index in [0.29, 0.717) is 18.6 Å². The lowest BCUT2D eigenvalue weighted by Crippen LogP contribution is -2.41. The third-order valence-electron chi connectivity index (χ3n) is 4.08. The maximum absolute atomic E-state index is 11.7. The zero-order valence-electron chi connectivity index (χ0n) is 11.3. The van der Waals surface area contributed by atoms with Gasteiger partial charge in [-0.1, -0.05) is 0 Å². The molecule has 1 saturated heterocycles. The van der Waals surface area contributed by atoms with Gasteiger partial charge in [0.2, 0.25) is 5.91 Å². The van der Waals surface area contributed by atoms with Crippen molar-refractivity contribution in [3.8, 4) is 0 Å². The number of rotatable bonds is 5. The van der Waals surface area contributed by atoms with E-state index >= 15 is 0 Å². The van der Waals surface area contributed by atoms with Crippen LogP contribution in [0.25, 0.3) is 0 Å². The summed E-state index contributed by atoms with van der Waals surface area (Å²) in [5.41, 5.74) is 0. The lowest BCUT2D eigenvalue weighted by molar-refractivity contribution is -0.128. The Balaban J connectivity index is 1.72. The van der Waals surface area contributed by atoms with Gasteiger partial charge in [-0.2, -0.15) is 0 Å². The summed E-state index contributed by atoms with van der Waals surface area (Å²) in [5, 5.41) is 3.41. The van der Waals surface area contributed by atoms with Crippen LogP contribution in [0.4, 0.5) is 0 Å². The Morgan fingerprint density at radius 3 is 2.76 bits per heavy atom. The van der Waals surface area contributed by atoms with Gasteiger partial charge in [-0.05, 0) is 33.1 Å². The lowest BCUT2D eigenvalue weighted by atomic mass is 10.2. The summed E-state index contributed by atoms with van der Waals surface area (Å²) in [6, 6.07) is 2.02. The normalized spacial score (nSPS) is 29.6. The monoisotopic (exact) mass is 239 g/mol. The topological polar surface area (TPSA) is 35.6 Å². The highest BCUT2D eigenvalue weighted by Crippen LogP contribution is 2.33. The van der Waals surface area contributed by atoms with Crippen LogP contribution in [0.3, 0.4) is 0 Å². The fraction of sp³-hybridized carbons (Fsp3) is 0.923. The molecule has 1 N–H and O–H groups in total. The smallest absolute Gasteiger partial charge is 0.236 e. The first kappa shape index (κ1) is 12.8. The molecule has 0 aromatic rings. The molecule has 4 nitrogen and oxygen atoms in total. The second-order valence-corrected chi connectivity index (χ2v) is 5.50. The van der Waals surface area contributed by atoms with Gasteiger partial charge in [0.1, 0.15) is 0 Å². The highest BCUT2D eigenvalue weighted by Gasteiger charge is 2.38. The maximum Gasteiger partial charge on any atom is 0.236 e. The second-order valence-electron chi connectivity index (χ2n) is 5.50. The van der Waals surface area contributed by atoms with Gasteiger partial charge in [0.25, 0.3) is 0 Å². The Hall–Kier alpha value is -0.610. The maximum atomic E-state index is 11.7. The van der Waals surface area contributed by atoms with E-state index in [1.54, 1.807) is 4.90 Å². The van der Waals surface area contributed by atoms with Crippen molar-refractivity contribution in [3.63, 3.8) is 0 Å². The van der Waals surface area contributed by atoms with E-state index in [2.05, 4.69) is 17.1 Å². The first-order valence-electron chi connectivity index (χ1n) is 6.85.